The van der Waals surface area contributed by atoms with E-state index in [4.69, 9.17) is 10.5 Å². The average Bonchev–Trinajstić information content (AvgIpc) is 2.39. The molecule has 0 unspecified atom stereocenters. The van der Waals surface area contributed by atoms with Crippen LogP contribution in [0.15, 0.2) is 6.07 Å². The van der Waals surface area contributed by atoms with Crippen LogP contribution in [0, 0.1) is 26.7 Å². The highest BCUT2D eigenvalue weighted by Gasteiger charge is 2.20. The van der Waals surface area contributed by atoms with Gasteiger partial charge in [-0.05, 0) is 81.0 Å². The molecule has 0 bridgehead atoms. The van der Waals surface area contributed by atoms with Crippen LogP contribution in [0.4, 0.5) is 0 Å². The number of methoxy groups -OCH3 is 1. The maximum absolute atomic E-state index is 5.99. The van der Waals surface area contributed by atoms with Gasteiger partial charge in [0, 0.05) is 6.04 Å². The molecule has 0 atom stereocenters. The fourth-order valence-corrected chi connectivity index (χ4v) is 3.37. The lowest BCUT2D eigenvalue weighted by Crippen LogP contribution is -2.27. The van der Waals surface area contributed by atoms with Gasteiger partial charge in [-0.3, -0.25) is 0 Å². The lowest BCUT2D eigenvalue weighted by atomic mass is 9.81. The molecule has 2 rings (SSSR count). The van der Waals surface area contributed by atoms with Gasteiger partial charge in [-0.15, -0.1) is 0 Å². The minimum atomic E-state index is 0.441. The van der Waals surface area contributed by atoms with Crippen molar-refractivity contribution in [3.63, 3.8) is 0 Å². The number of hydrogen-bond donors (Lipinski definition) is 1. The molecule has 106 valence electrons. The smallest absolute Gasteiger partial charge is 0.124 e. The van der Waals surface area contributed by atoms with Crippen molar-refractivity contribution < 1.29 is 4.74 Å². The Morgan fingerprint density at radius 2 is 1.74 bits per heavy atom. The van der Waals surface area contributed by atoms with Gasteiger partial charge in [-0.25, -0.2) is 0 Å². The normalized spacial score (nSPS) is 23.4. The number of rotatable bonds is 3. The van der Waals surface area contributed by atoms with E-state index < -0.39 is 0 Å². The summed E-state index contributed by atoms with van der Waals surface area (Å²) in [5.41, 5.74) is 11.4. The lowest BCUT2D eigenvalue weighted by Gasteiger charge is -2.27. The van der Waals surface area contributed by atoms with Crippen LogP contribution < -0.4 is 10.5 Å². The molecule has 1 aromatic rings. The second kappa shape index (κ2) is 5.96. The van der Waals surface area contributed by atoms with Crippen molar-refractivity contribution in [1.82, 2.24) is 0 Å². The Hall–Kier alpha value is -1.02. The van der Waals surface area contributed by atoms with Crippen molar-refractivity contribution in [1.29, 1.82) is 0 Å². The van der Waals surface area contributed by atoms with Gasteiger partial charge in [0.1, 0.15) is 5.75 Å². The number of ether oxygens (including phenoxy) is 1. The third-order valence-corrected chi connectivity index (χ3v) is 4.74. The molecule has 1 saturated carbocycles. The van der Waals surface area contributed by atoms with Gasteiger partial charge in [-0.1, -0.05) is 6.07 Å². The Morgan fingerprint density at radius 1 is 1.11 bits per heavy atom. The molecule has 19 heavy (non-hydrogen) atoms. The summed E-state index contributed by atoms with van der Waals surface area (Å²) in [6, 6.07) is 2.76. The topological polar surface area (TPSA) is 35.2 Å². The second-order valence-electron chi connectivity index (χ2n) is 6.12. The molecule has 1 aliphatic rings. The SMILES string of the molecule is COc1c(C)cc(CC2CCC(N)CC2)c(C)c1C. The number of hydrogen-bond acceptors (Lipinski definition) is 2. The third kappa shape index (κ3) is 3.11. The molecule has 2 heteroatoms. The predicted molar refractivity (Wildman–Crippen MR) is 80.8 cm³/mol. The van der Waals surface area contributed by atoms with Gasteiger partial charge in [0.15, 0.2) is 0 Å². The molecular formula is C17H27NO. The van der Waals surface area contributed by atoms with Crippen molar-refractivity contribution in [2.45, 2.75) is 58.9 Å². The molecular weight excluding hydrogens is 234 g/mol. The summed E-state index contributed by atoms with van der Waals surface area (Å²) in [4.78, 5) is 0. The highest BCUT2D eigenvalue weighted by Crippen LogP contribution is 2.32. The first-order valence-electron chi connectivity index (χ1n) is 7.42. The highest BCUT2D eigenvalue weighted by molar-refractivity contribution is 5.49. The van der Waals surface area contributed by atoms with Crippen LogP contribution in [0.3, 0.4) is 0 Å². The maximum Gasteiger partial charge on any atom is 0.124 e. The Kier molecular flexibility index (Phi) is 4.51. The monoisotopic (exact) mass is 261 g/mol. The first kappa shape index (κ1) is 14.4. The molecule has 0 spiro atoms. The van der Waals surface area contributed by atoms with Crippen LogP contribution in [-0.2, 0) is 6.42 Å². The molecule has 1 fully saturated rings. The summed E-state index contributed by atoms with van der Waals surface area (Å²) >= 11 is 0. The van der Waals surface area contributed by atoms with E-state index in [9.17, 15) is 0 Å². The van der Waals surface area contributed by atoms with E-state index in [1.54, 1.807) is 7.11 Å². The minimum absolute atomic E-state index is 0.441. The third-order valence-electron chi connectivity index (χ3n) is 4.74. The van der Waals surface area contributed by atoms with Gasteiger partial charge in [0.25, 0.3) is 0 Å². The van der Waals surface area contributed by atoms with Crippen LogP contribution in [0.2, 0.25) is 0 Å². The molecule has 0 saturated heterocycles. The molecule has 1 aromatic carbocycles. The lowest BCUT2D eigenvalue weighted by molar-refractivity contribution is 0.324. The zero-order chi connectivity index (χ0) is 14.0. The average molecular weight is 261 g/mol. The van der Waals surface area contributed by atoms with E-state index in [2.05, 4.69) is 26.8 Å². The molecule has 1 aliphatic carbocycles. The molecule has 2 nitrogen and oxygen atoms in total. The van der Waals surface area contributed by atoms with Crippen LogP contribution in [0.5, 0.6) is 5.75 Å². The minimum Gasteiger partial charge on any atom is -0.496 e. The van der Waals surface area contributed by atoms with Crippen molar-refractivity contribution in [2.75, 3.05) is 7.11 Å². The summed E-state index contributed by atoms with van der Waals surface area (Å²) in [7, 11) is 1.76. The zero-order valence-electron chi connectivity index (χ0n) is 12.8. The fraction of sp³-hybridized carbons (Fsp3) is 0.647. The number of nitrogens with two attached hydrogens (primary N) is 1. The van der Waals surface area contributed by atoms with Gasteiger partial charge in [0.2, 0.25) is 0 Å². The van der Waals surface area contributed by atoms with Crippen LogP contribution in [0.1, 0.15) is 47.9 Å². The Labute approximate surface area is 117 Å². The van der Waals surface area contributed by atoms with E-state index in [-0.39, 0.29) is 0 Å². The van der Waals surface area contributed by atoms with Gasteiger partial charge in [0.05, 0.1) is 7.11 Å². The summed E-state index contributed by atoms with van der Waals surface area (Å²) in [6.07, 6.45) is 6.15. The van der Waals surface area contributed by atoms with Crippen LogP contribution >= 0.6 is 0 Å². The van der Waals surface area contributed by atoms with Gasteiger partial charge >= 0.3 is 0 Å². The maximum atomic E-state index is 5.99. The number of aryl methyl sites for hydroxylation is 1. The van der Waals surface area contributed by atoms with E-state index >= 15 is 0 Å². The standard InChI is InChI=1S/C17H27NO/c1-11-9-15(12(2)13(3)17(11)19-4)10-14-5-7-16(18)8-6-14/h9,14,16H,5-8,10,18H2,1-4H3. The predicted octanol–water partition coefficient (Wildman–Crippen LogP) is 3.68. The molecule has 0 aromatic heterocycles. The van der Waals surface area contributed by atoms with E-state index in [1.165, 1.54) is 54.4 Å². The highest BCUT2D eigenvalue weighted by atomic mass is 16.5. The molecule has 0 radical (unpaired) electrons. The molecule has 0 amide bonds. The summed E-state index contributed by atoms with van der Waals surface area (Å²) in [6.45, 7) is 6.54. The van der Waals surface area contributed by atoms with E-state index in [0.29, 0.717) is 6.04 Å². The fourth-order valence-electron chi connectivity index (χ4n) is 3.37. The molecule has 0 heterocycles. The van der Waals surface area contributed by atoms with Crippen molar-refractivity contribution in [2.24, 2.45) is 11.7 Å². The summed E-state index contributed by atoms with van der Waals surface area (Å²) < 4.78 is 5.50. The van der Waals surface area contributed by atoms with E-state index in [0.717, 1.165) is 11.7 Å². The van der Waals surface area contributed by atoms with Crippen molar-refractivity contribution >= 4 is 0 Å². The second-order valence-corrected chi connectivity index (χ2v) is 6.12. The number of benzene rings is 1. The van der Waals surface area contributed by atoms with Crippen LogP contribution in [-0.4, -0.2) is 13.2 Å². The molecule has 0 aliphatic heterocycles. The molecule has 2 N–H and O–H groups in total. The summed E-state index contributed by atoms with van der Waals surface area (Å²) in [5.74, 6) is 1.86. The Bertz CT molecular complexity index is 445. The Morgan fingerprint density at radius 3 is 2.32 bits per heavy atom. The quantitative estimate of drug-likeness (QED) is 0.901. The van der Waals surface area contributed by atoms with Gasteiger partial charge in [-0.2, -0.15) is 0 Å². The van der Waals surface area contributed by atoms with Crippen LogP contribution in [0.25, 0.3) is 0 Å². The van der Waals surface area contributed by atoms with Crippen molar-refractivity contribution in [3.8, 4) is 5.75 Å². The van der Waals surface area contributed by atoms with Crippen molar-refractivity contribution in [3.05, 3.63) is 28.3 Å². The first-order valence-corrected chi connectivity index (χ1v) is 7.42. The zero-order valence-corrected chi connectivity index (χ0v) is 12.8. The first-order chi connectivity index (χ1) is 9.02. The van der Waals surface area contributed by atoms with Gasteiger partial charge < -0.3 is 10.5 Å². The van der Waals surface area contributed by atoms with E-state index in [1.807, 2.05) is 0 Å². The summed E-state index contributed by atoms with van der Waals surface area (Å²) in [5, 5.41) is 0. The largest absolute Gasteiger partial charge is 0.496 e. The Balaban J connectivity index is 2.17.